The number of aryl methyl sites for hydroxylation is 1. The van der Waals surface area contributed by atoms with Gasteiger partial charge in [0.05, 0.1) is 13.4 Å². The molecular weight excluding hydrogens is 311 g/mol. The number of ketones is 1. The monoisotopic (exact) mass is 334 g/mol. The summed E-state index contributed by atoms with van der Waals surface area (Å²) in [5.74, 6) is -0.418. The van der Waals surface area contributed by atoms with Crippen molar-refractivity contribution in [2.45, 2.75) is 51.6 Å². The third-order valence-corrected chi connectivity index (χ3v) is 4.09. The summed E-state index contributed by atoms with van der Waals surface area (Å²) in [5.41, 5.74) is 2.19. The molecule has 0 fully saturated rings. The number of unbranched alkanes of at least 4 members (excludes halogenated alkanes) is 1. The summed E-state index contributed by atoms with van der Waals surface area (Å²) >= 11 is 0. The molecule has 1 aromatic carbocycles. The van der Waals surface area contributed by atoms with Crippen LogP contribution in [0.3, 0.4) is 0 Å². The van der Waals surface area contributed by atoms with E-state index in [1.807, 2.05) is 13.0 Å². The molecule has 1 aliphatic rings. The van der Waals surface area contributed by atoms with E-state index in [2.05, 4.69) is 4.74 Å². The van der Waals surface area contributed by atoms with E-state index in [1.165, 1.54) is 13.2 Å². The molecule has 1 aromatic rings. The van der Waals surface area contributed by atoms with Gasteiger partial charge in [-0.05, 0) is 31.4 Å². The zero-order valence-electron chi connectivity index (χ0n) is 14.1. The van der Waals surface area contributed by atoms with Crippen molar-refractivity contribution in [3.63, 3.8) is 0 Å². The van der Waals surface area contributed by atoms with E-state index in [1.54, 1.807) is 12.3 Å². The highest BCUT2D eigenvalue weighted by Crippen LogP contribution is 2.31. The molecule has 0 aliphatic carbocycles. The van der Waals surface area contributed by atoms with Crippen molar-refractivity contribution in [1.29, 1.82) is 0 Å². The molecule has 130 valence electrons. The molecule has 4 nitrogen and oxygen atoms in total. The van der Waals surface area contributed by atoms with Gasteiger partial charge in [-0.2, -0.15) is 0 Å². The van der Waals surface area contributed by atoms with Crippen LogP contribution in [0.15, 0.2) is 24.5 Å². The first-order valence-electron chi connectivity index (χ1n) is 8.19. The molecule has 0 saturated carbocycles. The van der Waals surface area contributed by atoms with Gasteiger partial charge >= 0.3 is 5.97 Å². The summed E-state index contributed by atoms with van der Waals surface area (Å²) in [6, 6.07) is 5.10. The molecule has 0 radical (unpaired) electrons. The van der Waals surface area contributed by atoms with Crippen LogP contribution in [0, 0.1) is 12.7 Å². The van der Waals surface area contributed by atoms with Crippen molar-refractivity contribution in [3.8, 4) is 0 Å². The zero-order chi connectivity index (χ0) is 17.5. The highest BCUT2D eigenvalue weighted by molar-refractivity contribution is 5.79. The van der Waals surface area contributed by atoms with Crippen molar-refractivity contribution < 1.29 is 23.5 Å². The molecule has 2 rings (SSSR count). The van der Waals surface area contributed by atoms with Crippen LogP contribution in [0.1, 0.15) is 49.7 Å². The van der Waals surface area contributed by atoms with Crippen LogP contribution >= 0.6 is 0 Å². The maximum Gasteiger partial charge on any atom is 0.305 e. The van der Waals surface area contributed by atoms with Gasteiger partial charge in [-0.25, -0.2) is 4.39 Å². The van der Waals surface area contributed by atoms with E-state index < -0.39 is 0 Å². The topological polar surface area (TPSA) is 52.6 Å². The summed E-state index contributed by atoms with van der Waals surface area (Å²) < 4.78 is 24.1. The summed E-state index contributed by atoms with van der Waals surface area (Å²) in [6.45, 7) is 1.84. The number of methoxy groups -OCH3 is 1. The maximum atomic E-state index is 14.0. The van der Waals surface area contributed by atoms with Crippen LogP contribution in [0.4, 0.5) is 4.39 Å². The average Bonchev–Trinajstić information content (AvgIpc) is 2.99. The van der Waals surface area contributed by atoms with Crippen molar-refractivity contribution >= 4 is 17.3 Å². The molecule has 1 atom stereocenters. The smallest absolute Gasteiger partial charge is 0.305 e. The van der Waals surface area contributed by atoms with Crippen LogP contribution < -0.4 is 0 Å². The Bertz CT molecular complexity index is 636. The number of carbonyl (C=O) groups excluding carboxylic acids is 2. The second-order valence-corrected chi connectivity index (χ2v) is 6.11. The Labute approximate surface area is 141 Å². The predicted octanol–water partition coefficient (Wildman–Crippen LogP) is 3.96. The van der Waals surface area contributed by atoms with Gasteiger partial charge in [0, 0.05) is 36.8 Å². The minimum atomic E-state index is -0.264. The minimum absolute atomic E-state index is 0.101. The zero-order valence-corrected chi connectivity index (χ0v) is 14.1. The number of benzene rings is 1. The first-order valence-corrected chi connectivity index (χ1v) is 8.19. The Morgan fingerprint density at radius 1 is 1.29 bits per heavy atom. The third-order valence-electron chi connectivity index (χ3n) is 4.09. The van der Waals surface area contributed by atoms with Crippen molar-refractivity contribution in [2.24, 2.45) is 0 Å². The molecule has 1 aliphatic heterocycles. The Hall–Kier alpha value is -2.17. The molecular formula is C19H23FO4. The minimum Gasteiger partial charge on any atom is -0.497 e. The van der Waals surface area contributed by atoms with Crippen LogP contribution in [0.5, 0.6) is 0 Å². The molecule has 1 unspecified atom stereocenters. The Kier molecular flexibility index (Phi) is 6.53. The highest BCUT2D eigenvalue weighted by atomic mass is 19.1. The number of hydrogen-bond donors (Lipinski definition) is 0. The van der Waals surface area contributed by atoms with Crippen LogP contribution in [-0.4, -0.2) is 25.0 Å². The first-order chi connectivity index (χ1) is 11.5. The number of Topliss-reactive ketones (excluding diaryl/α,β-unsaturated/α-hetero) is 1. The number of esters is 1. The van der Waals surface area contributed by atoms with Crippen LogP contribution in [0.25, 0.3) is 5.57 Å². The SMILES string of the molecule is COC(=O)CCCCC(=O)CC1CC(c2ccc(C)cc2F)=CO1. The normalized spacial score (nSPS) is 16.5. The summed E-state index contributed by atoms with van der Waals surface area (Å²) in [6.07, 6.45) is 4.24. The molecule has 0 saturated heterocycles. The maximum absolute atomic E-state index is 14.0. The highest BCUT2D eigenvalue weighted by Gasteiger charge is 2.23. The van der Waals surface area contributed by atoms with Crippen LogP contribution in [-0.2, 0) is 19.1 Å². The van der Waals surface area contributed by atoms with Gasteiger partial charge in [0.25, 0.3) is 0 Å². The Balaban J connectivity index is 1.74. The molecule has 24 heavy (non-hydrogen) atoms. The van der Waals surface area contributed by atoms with Gasteiger partial charge < -0.3 is 9.47 Å². The van der Waals surface area contributed by atoms with E-state index in [9.17, 15) is 14.0 Å². The molecule has 1 heterocycles. The van der Waals surface area contributed by atoms with Gasteiger partial charge in [0.15, 0.2) is 0 Å². The Morgan fingerprint density at radius 2 is 2.04 bits per heavy atom. The molecule has 0 amide bonds. The van der Waals surface area contributed by atoms with E-state index in [-0.39, 0.29) is 23.7 Å². The van der Waals surface area contributed by atoms with E-state index in [0.29, 0.717) is 44.1 Å². The number of rotatable bonds is 8. The fraction of sp³-hybridized carbons (Fsp3) is 0.474. The van der Waals surface area contributed by atoms with Crippen molar-refractivity contribution in [2.75, 3.05) is 7.11 Å². The fourth-order valence-electron chi connectivity index (χ4n) is 2.74. The van der Waals surface area contributed by atoms with Gasteiger partial charge in [0.1, 0.15) is 17.7 Å². The number of hydrogen-bond acceptors (Lipinski definition) is 4. The summed E-state index contributed by atoms with van der Waals surface area (Å²) in [5, 5.41) is 0. The molecule has 0 aromatic heterocycles. The fourth-order valence-corrected chi connectivity index (χ4v) is 2.74. The first kappa shape index (κ1) is 18.2. The summed E-state index contributed by atoms with van der Waals surface area (Å²) in [4.78, 5) is 23.0. The lowest BCUT2D eigenvalue weighted by molar-refractivity contribution is -0.140. The van der Waals surface area contributed by atoms with Gasteiger partial charge in [-0.3, -0.25) is 9.59 Å². The van der Waals surface area contributed by atoms with E-state index >= 15 is 0 Å². The third kappa shape index (κ3) is 5.18. The number of carbonyl (C=O) groups is 2. The summed E-state index contributed by atoms with van der Waals surface area (Å²) in [7, 11) is 1.35. The van der Waals surface area contributed by atoms with Crippen LogP contribution in [0.2, 0.25) is 0 Å². The molecule has 0 spiro atoms. The molecule has 0 N–H and O–H groups in total. The lowest BCUT2D eigenvalue weighted by Crippen LogP contribution is -2.12. The molecule has 5 heteroatoms. The second-order valence-electron chi connectivity index (χ2n) is 6.11. The van der Waals surface area contributed by atoms with E-state index in [0.717, 1.165) is 11.1 Å². The van der Waals surface area contributed by atoms with Gasteiger partial charge in [-0.15, -0.1) is 0 Å². The Morgan fingerprint density at radius 3 is 2.75 bits per heavy atom. The van der Waals surface area contributed by atoms with Gasteiger partial charge in [0.2, 0.25) is 0 Å². The van der Waals surface area contributed by atoms with E-state index in [4.69, 9.17) is 4.74 Å². The number of halogens is 1. The van der Waals surface area contributed by atoms with Crippen molar-refractivity contribution in [1.82, 2.24) is 0 Å². The lowest BCUT2D eigenvalue weighted by atomic mass is 9.98. The number of ether oxygens (including phenoxy) is 2. The second kappa shape index (κ2) is 8.62. The largest absolute Gasteiger partial charge is 0.497 e. The van der Waals surface area contributed by atoms with Crippen molar-refractivity contribution in [3.05, 3.63) is 41.4 Å². The standard InChI is InChI=1S/C19H23FO4/c1-13-7-8-17(18(20)9-13)14-10-16(24-12-14)11-15(21)5-3-4-6-19(22)23-2/h7-9,12,16H,3-6,10-11H2,1-2H3. The predicted molar refractivity (Wildman–Crippen MR) is 88.7 cm³/mol. The van der Waals surface area contributed by atoms with Gasteiger partial charge in [-0.1, -0.05) is 12.1 Å². The quantitative estimate of drug-likeness (QED) is 0.533. The molecule has 0 bridgehead atoms. The lowest BCUT2D eigenvalue weighted by Gasteiger charge is -2.10. The average molecular weight is 334 g/mol.